The highest BCUT2D eigenvalue weighted by molar-refractivity contribution is 6.08. The van der Waals surface area contributed by atoms with Crippen LogP contribution in [-0.4, -0.2) is 62.5 Å². The Kier molecular flexibility index (Phi) is 6.84. The first-order chi connectivity index (χ1) is 19.8. The Morgan fingerprint density at radius 1 is 1.07 bits per heavy atom. The fourth-order valence-electron chi connectivity index (χ4n) is 5.05. The van der Waals surface area contributed by atoms with Crippen molar-refractivity contribution in [2.24, 2.45) is 13.0 Å². The van der Waals surface area contributed by atoms with E-state index in [0.717, 1.165) is 45.9 Å². The zero-order valence-electron chi connectivity index (χ0n) is 23.8. The van der Waals surface area contributed by atoms with Crippen LogP contribution in [0.2, 0.25) is 0 Å². The van der Waals surface area contributed by atoms with E-state index in [4.69, 9.17) is 9.72 Å². The van der Waals surface area contributed by atoms with Gasteiger partial charge in [-0.05, 0) is 69.0 Å². The predicted octanol–water partition coefficient (Wildman–Crippen LogP) is 5.23. The van der Waals surface area contributed by atoms with Gasteiger partial charge in [0.25, 0.3) is 5.91 Å². The minimum Gasteiger partial charge on any atom is -0.457 e. The first-order valence-corrected chi connectivity index (χ1v) is 13.5. The molecule has 10 nitrogen and oxygen atoms in total. The monoisotopic (exact) mass is 548 g/mol. The largest absolute Gasteiger partial charge is 0.457 e. The minimum absolute atomic E-state index is 0.00836. The molecule has 1 atom stereocenters. The van der Waals surface area contributed by atoms with Crippen LogP contribution < -0.4 is 15.0 Å². The van der Waals surface area contributed by atoms with Gasteiger partial charge in [0.2, 0.25) is 0 Å². The van der Waals surface area contributed by atoms with Gasteiger partial charge in [0.05, 0.1) is 22.9 Å². The number of nitrogens with zero attached hydrogens (tertiary/aromatic N) is 7. The summed E-state index contributed by atoms with van der Waals surface area (Å²) in [6.45, 7) is 5.37. The molecule has 208 valence electrons. The molecule has 1 amide bonds. The smallest absolute Gasteiger partial charge is 0.255 e. The van der Waals surface area contributed by atoms with E-state index < -0.39 is 0 Å². The standard InChI is InChI=1S/C31H32N8O2/c1-19-14-21(6-10-27(19)41-22-7-9-26-25(15-22)34-18-38(26)5)35-30-29-24(32-17-33-30)8-11-28(36-29)39-16-20(2)23(31(39)40)12-13-37(3)4/h6-12,14-15,17-18,20H,13,16H2,1-5H3,(H,32,33,35)/b23-12+. The van der Waals surface area contributed by atoms with Crippen LogP contribution in [0.3, 0.4) is 0 Å². The normalized spacial score (nSPS) is 16.4. The van der Waals surface area contributed by atoms with Crippen molar-refractivity contribution in [1.82, 2.24) is 29.4 Å². The number of hydrogen-bond acceptors (Lipinski definition) is 8. The van der Waals surface area contributed by atoms with Crippen LogP contribution in [0, 0.1) is 12.8 Å². The Bertz CT molecular complexity index is 1810. The van der Waals surface area contributed by atoms with E-state index >= 15 is 0 Å². The van der Waals surface area contributed by atoms with Gasteiger partial charge in [-0.3, -0.25) is 9.69 Å². The summed E-state index contributed by atoms with van der Waals surface area (Å²) in [7, 11) is 5.95. The quantitative estimate of drug-likeness (QED) is 0.276. The van der Waals surface area contributed by atoms with Crippen LogP contribution in [0.15, 0.2) is 72.8 Å². The van der Waals surface area contributed by atoms with Crippen LogP contribution in [0.5, 0.6) is 11.5 Å². The summed E-state index contributed by atoms with van der Waals surface area (Å²) >= 11 is 0. The number of benzene rings is 2. The lowest BCUT2D eigenvalue weighted by Crippen LogP contribution is -2.26. The molecule has 1 aliphatic heterocycles. The molecule has 1 fully saturated rings. The van der Waals surface area contributed by atoms with Crippen molar-refractivity contribution >= 4 is 45.3 Å². The summed E-state index contributed by atoms with van der Waals surface area (Å²) in [6, 6.07) is 15.5. The maximum absolute atomic E-state index is 13.2. The summed E-state index contributed by atoms with van der Waals surface area (Å²) in [4.78, 5) is 35.1. The molecule has 5 aromatic rings. The Balaban J connectivity index is 1.24. The number of aromatic nitrogens is 5. The Morgan fingerprint density at radius 2 is 1.93 bits per heavy atom. The van der Waals surface area contributed by atoms with Gasteiger partial charge in [-0.15, -0.1) is 0 Å². The average Bonchev–Trinajstić information content (AvgIpc) is 3.46. The first kappa shape index (κ1) is 26.4. The summed E-state index contributed by atoms with van der Waals surface area (Å²) in [5, 5.41) is 3.38. The Labute approximate surface area is 238 Å². The van der Waals surface area contributed by atoms with Crippen molar-refractivity contribution in [2.45, 2.75) is 13.8 Å². The van der Waals surface area contributed by atoms with Gasteiger partial charge in [-0.1, -0.05) is 13.0 Å². The van der Waals surface area contributed by atoms with E-state index in [2.05, 4.69) is 27.2 Å². The average molecular weight is 549 g/mol. The molecule has 0 bridgehead atoms. The number of aryl methyl sites for hydroxylation is 2. The predicted molar refractivity (Wildman–Crippen MR) is 161 cm³/mol. The third-order valence-corrected chi connectivity index (χ3v) is 7.26. The molecule has 3 aromatic heterocycles. The van der Waals surface area contributed by atoms with Gasteiger partial charge in [-0.25, -0.2) is 19.9 Å². The summed E-state index contributed by atoms with van der Waals surface area (Å²) < 4.78 is 8.15. The number of nitrogens with one attached hydrogen (secondary N) is 1. The molecule has 1 N–H and O–H groups in total. The third kappa shape index (κ3) is 5.21. The van der Waals surface area contributed by atoms with Crippen molar-refractivity contribution in [2.75, 3.05) is 37.4 Å². The molecule has 4 heterocycles. The molecule has 0 aliphatic carbocycles. The summed E-state index contributed by atoms with van der Waals surface area (Å²) in [5.74, 6) is 2.74. The van der Waals surface area contributed by atoms with E-state index in [1.165, 1.54) is 6.33 Å². The highest BCUT2D eigenvalue weighted by Gasteiger charge is 2.34. The number of anilines is 3. The first-order valence-electron chi connectivity index (χ1n) is 13.5. The maximum Gasteiger partial charge on any atom is 0.255 e. The number of pyridine rings is 1. The highest BCUT2D eigenvalue weighted by Crippen LogP contribution is 2.32. The number of ether oxygens (including phenoxy) is 1. The molecule has 2 aromatic carbocycles. The van der Waals surface area contributed by atoms with Gasteiger partial charge < -0.3 is 19.5 Å². The van der Waals surface area contributed by atoms with Gasteiger partial charge in [0, 0.05) is 43.4 Å². The molecule has 41 heavy (non-hydrogen) atoms. The number of fused-ring (bicyclic) bond motifs is 2. The second-order valence-electron chi connectivity index (χ2n) is 10.7. The molecular formula is C31H32N8O2. The molecule has 6 rings (SSSR count). The number of imidazole rings is 1. The number of carbonyl (C=O) groups excluding carboxylic acids is 1. The number of rotatable bonds is 7. The van der Waals surface area contributed by atoms with Crippen LogP contribution in [0.25, 0.3) is 22.1 Å². The van der Waals surface area contributed by atoms with Crippen LogP contribution >= 0.6 is 0 Å². The van der Waals surface area contributed by atoms with Gasteiger partial charge in [0.1, 0.15) is 29.2 Å². The van der Waals surface area contributed by atoms with Crippen LogP contribution in [0.4, 0.5) is 17.3 Å². The Morgan fingerprint density at radius 3 is 2.73 bits per heavy atom. The topological polar surface area (TPSA) is 101 Å². The van der Waals surface area contributed by atoms with E-state index in [1.54, 1.807) is 11.2 Å². The lowest BCUT2D eigenvalue weighted by molar-refractivity contribution is -0.114. The number of hydrogen-bond donors (Lipinski definition) is 1. The van der Waals surface area contributed by atoms with Crippen molar-refractivity contribution in [3.63, 3.8) is 0 Å². The lowest BCUT2D eigenvalue weighted by atomic mass is 10.0. The molecular weight excluding hydrogens is 516 g/mol. The maximum atomic E-state index is 13.2. The van der Waals surface area contributed by atoms with Crippen LogP contribution in [0.1, 0.15) is 12.5 Å². The zero-order chi connectivity index (χ0) is 28.7. The SMILES string of the molecule is Cc1cc(Nc2ncnc3ccc(N4CC(C)/C(=C\CN(C)C)C4=O)nc23)ccc1Oc1ccc2c(c1)ncn2C. The van der Waals surface area contributed by atoms with Crippen molar-refractivity contribution in [3.05, 3.63) is 78.4 Å². The third-order valence-electron chi connectivity index (χ3n) is 7.26. The zero-order valence-corrected chi connectivity index (χ0v) is 23.8. The number of carbonyl (C=O) groups is 1. The van der Waals surface area contributed by atoms with Crippen molar-refractivity contribution < 1.29 is 9.53 Å². The van der Waals surface area contributed by atoms with E-state index in [-0.39, 0.29) is 11.8 Å². The van der Waals surface area contributed by atoms with E-state index in [9.17, 15) is 4.79 Å². The molecule has 1 unspecified atom stereocenters. The summed E-state index contributed by atoms with van der Waals surface area (Å²) in [5.41, 5.74) is 5.83. The molecule has 1 aliphatic rings. The summed E-state index contributed by atoms with van der Waals surface area (Å²) in [6.07, 6.45) is 5.31. The second kappa shape index (κ2) is 10.6. The molecule has 1 saturated heterocycles. The van der Waals surface area contributed by atoms with E-state index in [0.29, 0.717) is 29.2 Å². The minimum atomic E-state index is -0.00836. The van der Waals surface area contributed by atoms with Gasteiger partial charge >= 0.3 is 0 Å². The molecule has 0 saturated carbocycles. The number of likely N-dealkylation sites (N-methyl/N-ethyl adjacent to an activating group) is 1. The second-order valence-corrected chi connectivity index (χ2v) is 10.7. The highest BCUT2D eigenvalue weighted by atomic mass is 16.5. The Hall–Kier alpha value is -4.83. The number of amides is 1. The van der Waals surface area contributed by atoms with Crippen molar-refractivity contribution in [3.8, 4) is 11.5 Å². The fraction of sp³-hybridized carbons (Fsp3) is 0.258. The molecule has 0 radical (unpaired) electrons. The lowest BCUT2D eigenvalue weighted by Gasteiger charge is -2.16. The van der Waals surface area contributed by atoms with Crippen LogP contribution in [-0.2, 0) is 11.8 Å². The molecule has 10 heteroatoms. The van der Waals surface area contributed by atoms with E-state index in [1.807, 2.05) is 92.1 Å². The van der Waals surface area contributed by atoms with Crippen molar-refractivity contribution in [1.29, 1.82) is 0 Å². The molecule has 0 spiro atoms. The fourth-order valence-corrected chi connectivity index (χ4v) is 5.05. The van der Waals surface area contributed by atoms with Gasteiger partial charge in [0.15, 0.2) is 5.82 Å². The van der Waals surface area contributed by atoms with Gasteiger partial charge in [-0.2, -0.15) is 0 Å².